The van der Waals surface area contributed by atoms with Crippen molar-refractivity contribution in [2.75, 3.05) is 19.6 Å². The summed E-state index contributed by atoms with van der Waals surface area (Å²) in [7, 11) is 0. The summed E-state index contributed by atoms with van der Waals surface area (Å²) in [4.78, 5) is 14.3. The van der Waals surface area contributed by atoms with Crippen molar-refractivity contribution in [3.05, 3.63) is 33.3 Å². The normalized spacial score (nSPS) is 18.8. The van der Waals surface area contributed by atoms with Crippen molar-refractivity contribution < 1.29 is 4.79 Å². The number of amides is 1. The van der Waals surface area contributed by atoms with Crippen molar-refractivity contribution in [2.24, 2.45) is 0 Å². The summed E-state index contributed by atoms with van der Waals surface area (Å²) >= 11 is 9.51. The third kappa shape index (κ3) is 2.87. The largest absolute Gasteiger partial charge is 0.335 e. The molecule has 0 radical (unpaired) electrons. The minimum absolute atomic E-state index is 0.00382. The van der Waals surface area contributed by atoms with Crippen molar-refractivity contribution in [1.82, 2.24) is 10.2 Å². The summed E-state index contributed by atoms with van der Waals surface area (Å²) in [5.74, 6) is -0.00382. The number of halogens is 2. The monoisotopic (exact) mass is 330 g/mol. The third-order valence-corrected chi connectivity index (χ3v) is 4.34. The number of nitrogens with zero attached hydrogens (tertiary/aromatic N) is 1. The molecular formula is C13H16BrClN2O. The van der Waals surface area contributed by atoms with Crippen molar-refractivity contribution in [2.45, 2.75) is 19.4 Å². The Morgan fingerprint density at radius 1 is 1.50 bits per heavy atom. The van der Waals surface area contributed by atoms with Crippen LogP contribution in [-0.4, -0.2) is 36.0 Å². The SMILES string of the molecule is CC1(C)CN(C(=O)c2cccc(Br)c2Cl)CCN1. The molecule has 18 heavy (non-hydrogen) atoms. The van der Waals surface area contributed by atoms with Gasteiger partial charge in [-0.15, -0.1) is 0 Å². The van der Waals surface area contributed by atoms with Gasteiger partial charge in [0.25, 0.3) is 5.91 Å². The minimum atomic E-state index is -0.0492. The quantitative estimate of drug-likeness (QED) is 0.858. The molecule has 2 rings (SSSR count). The van der Waals surface area contributed by atoms with Gasteiger partial charge in [0.1, 0.15) is 0 Å². The van der Waals surface area contributed by atoms with Gasteiger partial charge in [0, 0.05) is 29.6 Å². The molecular weight excluding hydrogens is 316 g/mol. The molecule has 0 unspecified atom stereocenters. The summed E-state index contributed by atoms with van der Waals surface area (Å²) in [6.45, 7) is 6.40. The molecule has 3 nitrogen and oxygen atoms in total. The zero-order chi connectivity index (χ0) is 13.3. The van der Waals surface area contributed by atoms with Crippen molar-refractivity contribution in [1.29, 1.82) is 0 Å². The predicted octanol–water partition coefficient (Wildman–Crippen LogP) is 2.93. The van der Waals surface area contributed by atoms with E-state index in [4.69, 9.17) is 11.6 Å². The van der Waals surface area contributed by atoms with Crippen LogP contribution in [0.1, 0.15) is 24.2 Å². The Hall–Kier alpha value is -0.580. The molecule has 1 aromatic rings. The second-order valence-electron chi connectivity index (χ2n) is 5.14. The molecule has 0 atom stereocenters. The van der Waals surface area contributed by atoms with Crippen molar-refractivity contribution in [3.63, 3.8) is 0 Å². The number of hydrogen-bond acceptors (Lipinski definition) is 2. The summed E-state index contributed by atoms with van der Waals surface area (Å²) in [5, 5.41) is 3.87. The Labute approximate surface area is 121 Å². The van der Waals surface area contributed by atoms with Crippen LogP contribution >= 0.6 is 27.5 Å². The summed E-state index contributed by atoms with van der Waals surface area (Å²) in [6, 6.07) is 5.43. The van der Waals surface area contributed by atoms with Crippen LogP contribution < -0.4 is 5.32 Å². The molecule has 1 aliphatic rings. The van der Waals surface area contributed by atoms with Crippen LogP contribution in [0.4, 0.5) is 0 Å². The van der Waals surface area contributed by atoms with Gasteiger partial charge in [-0.3, -0.25) is 4.79 Å². The lowest BCUT2D eigenvalue weighted by molar-refractivity contribution is 0.0652. The van der Waals surface area contributed by atoms with E-state index >= 15 is 0 Å². The summed E-state index contributed by atoms with van der Waals surface area (Å²) in [6.07, 6.45) is 0. The second-order valence-corrected chi connectivity index (χ2v) is 6.37. The van der Waals surface area contributed by atoms with Gasteiger partial charge >= 0.3 is 0 Å². The maximum atomic E-state index is 12.5. The zero-order valence-corrected chi connectivity index (χ0v) is 12.8. The summed E-state index contributed by atoms with van der Waals surface area (Å²) < 4.78 is 0.754. The van der Waals surface area contributed by atoms with Crippen LogP contribution in [0.3, 0.4) is 0 Å². The first kappa shape index (κ1) is 13.8. The van der Waals surface area contributed by atoms with Crippen LogP contribution in [0.15, 0.2) is 22.7 Å². The van der Waals surface area contributed by atoms with Gasteiger partial charge in [-0.05, 0) is 41.9 Å². The fourth-order valence-corrected chi connectivity index (χ4v) is 2.73. The van der Waals surface area contributed by atoms with E-state index in [1.807, 2.05) is 17.0 Å². The second kappa shape index (κ2) is 5.19. The van der Waals surface area contributed by atoms with E-state index in [0.717, 1.165) is 11.0 Å². The highest BCUT2D eigenvalue weighted by Gasteiger charge is 2.29. The average molecular weight is 332 g/mol. The van der Waals surface area contributed by atoms with E-state index in [0.29, 0.717) is 23.7 Å². The number of hydrogen-bond donors (Lipinski definition) is 1. The fourth-order valence-electron chi connectivity index (χ4n) is 2.15. The highest BCUT2D eigenvalue weighted by atomic mass is 79.9. The smallest absolute Gasteiger partial charge is 0.255 e. The molecule has 98 valence electrons. The maximum Gasteiger partial charge on any atom is 0.255 e. The van der Waals surface area contributed by atoms with Gasteiger partial charge in [-0.25, -0.2) is 0 Å². The first-order valence-corrected chi connectivity index (χ1v) is 7.06. The van der Waals surface area contributed by atoms with Crippen molar-refractivity contribution in [3.8, 4) is 0 Å². The molecule has 1 saturated heterocycles. The molecule has 1 fully saturated rings. The lowest BCUT2D eigenvalue weighted by atomic mass is 10.0. The van der Waals surface area contributed by atoms with E-state index in [-0.39, 0.29) is 11.4 Å². The molecule has 0 aromatic heterocycles. The highest BCUT2D eigenvalue weighted by Crippen LogP contribution is 2.27. The molecule has 1 aromatic carbocycles. The Morgan fingerprint density at radius 2 is 2.22 bits per heavy atom. The Balaban J connectivity index is 2.23. The molecule has 1 amide bonds. The molecule has 0 saturated carbocycles. The topological polar surface area (TPSA) is 32.3 Å². The molecule has 1 N–H and O–H groups in total. The van der Waals surface area contributed by atoms with E-state index in [1.54, 1.807) is 6.07 Å². The average Bonchev–Trinajstić information content (AvgIpc) is 2.30. The minimum Gasteiger partial charge on any atom is -0.335 e. The molecule has 0 aliphatic carbocycles. The van der Waals surface area contributed by atoms with Crippen LogP contribution in [0.2, 0.25) is 5.02 Å². The molecule has 5 heteroatoms. The van der Waals surface area contributed by atoms with E-state index in [2.05, 4.69) is 35.1 Å². The molecule has 1 heterocycles. The lowest BCUT2D eigenvalue weighted by Gasteiger charge is -2.39. The van der Waals surface area contributed by atoms with Crippen molar-refractivity contribution >= 4 is 33.4 Å². The fraction of sp³-hybridized carbons (Fsp3) is 0.462. The van der Waals surface area contributed by atoms with Crippen LogP contribution in [0.5, 0.6) is 0 Å². The zero-order valence-electron chi connectivity index (χ0n) is 10.5. The molecule has 0 bridgehead atoms. The van der Waals surface area contributed by atoms with Crippen LogP contribution in [0.25, 0.3) is 0 Å². The summed E-state index contributed by atoms with van der Waals surface area (Å²) in [5.41, 5.74) is 0.510. The Kier molecular flexibility index (Phi) is 3.99. The Bertz CT molecular complexity index is 476. The van der Waals surface area contributed by atoms with Gasteiger partial charge in [0.15, 0.2) is 0 Å². The van der Waals surface area contributed by atoms with Gasteiger partial charge < -0.3 is 10.2 Å². The highest BCUT2D eigenvalue weighted by molar-refractivity contribution is 9.10. The first-order valence-electron chi connectivity index (χ1n) is 5.89. The Morgan fingerprint density at radius 3 is 2.89 bits per heavy atom. The van der Waals surface area contributed by atoms with Gasteiger partial charge in [0.05, 0.1) is 10.6 Å². The van der Waals surface area contributed by atoms with Gasteiger partial charge in [-0.1, -0.05) is 17.7 Å². The van der Waals surface area contributed by atoms with E-state index in [1.165, 1.54) is 0 Å². The van der Waals surface area contributed by atoms with Gasteiger partial charge in [-0.2, -0.15) is 0 Å². The van der Waals surface area contributed by atoms with Gasteiger partial charge in [0.2, 0.25) is 0 Å². The number of carbonyl (C=O) groups excluding carboxylic acids is 1. The molecule has 0 spiro atoms. The van der Waals surface area contributed by atoms with Crippen LogP contribution in [0, 0.1) is 0 Å². The predicted molar refractivity (Wildman–Crippen MR) is 77.1 cm³/mol. The molecule has 1 aliphatic heterocycles. The third-order valence-electron chi connectivity index (χ3n) is 3.04. The lowest BCUT2D eigenvalue weighted by Crippen LogP contribution is -2.58. The van der Waals surface area contributed by atoms with E-state index in [9.17, 15) is 4.79 Å². The number of piperazine rings is 1. The standard InChI is InChI=1S/C13H16BrClN2O/c1-13(2)8-17(7-6-16-13)12(18)9-4-3-5-10(14)11(9)15/h3-5,16H,6-8H2,1-2H3. The maximum absolute atomic E-state index is 12.5. The number of rotatable bonds is 1. The van der Waals surface area contributed by atoms with Crippen LogP contribution in [-0.2, 0) is 0 Å². The first-order chi connectivity index (χ1) is 8.41. The number of nitrogens with one attached hydrogen (secondary N) is 1. The van der Waals surface area contributed by atoms with E-state index < -0.39 is 0 Å². The number of benzene rings is 1. The number of carbonyl (C=O) groups is 1.